The highest BCUT2D eigenvalue weighted by Gasteiger charge is 2.12. The van der Waals surface area contributed by atoms with Crippen molar-refractivity contribution >= 4 is 39.4 Å². The molecule has 0 radical (unpaired) electrons. The van der Waals surface area contributed by atoms with Crippen molar-refractivity contribution < 1.29 is 12.8 Å². The predicted molar refractivity (Wildman–Crippen MR) is 80.8 cm³/mol. The molecular formula is C13H9Cl2FN2O2S. The van der Waals surface area contributed by atoms with Crippen LogP contribution in [0.3, 0.4) is 0 Å². The molecule has 2 aromatic rings. The lowest BCUT2D eigenvalue weighted by molar-refractivity contribution is 0.583. The molecule has 0 aliphatic heterocycles. The Morgan fingerprint density at radius 2 is 1.71 bits per heavy atom. The van der Waals surface area contributed by atoms with Crippen molar-refractivity contribution in [2.45, 2.75) is 4.90 Å². The molecule has 0 atom stereocenters. The minimum atomic E-state index is -3.84. The van der Waals surface area contributed by atoms with Gasteiger partial charge in [-0.25, -0.2) is 9.22 Å². The van der Waals surface area contributed by atoms with Crippen molar-refractivity contribution in [2.24, 2.45) is 5.10 Å². The summed E-state index contributed by atoms with van der Waals surface area (Å²) in [6, 6.07) is 9.14. The predicted octanol–water partition coefficient (Wildman–Crippen LogP) is 3.44. The van der Waals surface area contributed by atoms with Gasteiger partial charge in [0.05, 0.1) is 21.2 Å². The van der Waals surface area contributed by atoms with Crippen molar-refractivity contribution in [2.75, 3.05) is 0 Å². The number of benzene rings is 2. The number of hydrazone groups is 1. The molecule has 0 heterocycles. The number of nitrogens with zero attached hydrogens (tertiary/aromatic N) is 1. The lowest BCUT2D eigenvalue weighted by atomic mass is 10.2. The highest BCUT2D eigenvalue weighted by atomic mass is 35.5. The topological polar surface area (TPSA) is 58.5 Å². The van der Waals surface area contributed by atoms with E-state index in [1.165, 1.54) is 6.21 Å². The molecule has 21 heavy (non-hydrogen) atoms. The zero-order chi connectivity index (χ0) is 15.5. The zero-order valence-electron chi connectivity index (χ0n) is 10.4. The van der Waals surface area contributed by atoms with Gasteiger partial charge in [-0.3, -0.25) is 0 Å². The van der Waals surface area contributed by atoms with Gasteiger partial charge < -0.3 is 0 Å². The Morgan fingerprint density at radius 1 is 1.05 bits per heavy atom. The third-order valence-corrected chi connectivity index (χ3v) is 4.43. The second kappa shape index (κ2) is 6.43. The fraction of sp³-hybridized carbons (Fsp3) is 0. The molecule has 0 bridgehead atoms. The lowest BCUT2D eigenvalue weighted by Crippen LogP contribution is -2.18. The molecule has 0 unspecified atom stereocenters. The van der Waals surface area contributed by atoms with E-state index in [2.05, 4.69) is 5.10 Å². The maximum absolute atomic E-state index is 12.8. The highest BCUT2D eigenvalue weighted by Crippen LogP contribution is 2.21. The molecule has 0 saturated carbocycles. The van der Waals surface area contributed by atoms with E-state index in [4.69, 9.17) is 23.2 Å². The first-order valence-electron chi connectivity index (χ1n) is 5.64. The molecule has 0 amide bonds. The van der Waals surface area contributed by atoms with Crippen LogP contribution in [0, 0.1) is 5.82 Å². The van der Waals surface area contributed by atoms with E-state index in [0.29, 0.717) is 15.6 Å². The first-order chi connectivity index (χ1) is 9.88. The Morgan fingerprint density at radius 3 is 2.33 bits per heavy atom. The first-order valence-corrected chi connectivity index (χ1v) is 7.88. The highest BCUT2D eigenvalue weighted by molar-refractivity contribution is 7.89. The number of hydrogen-bond donors (Lipinski definition) is 1. The van der Waals surface area contributed by atoms with Crippen LogP contribution >= 0.6 is 23.2 Å². The van der Waals surface area contributed by atoms with E-state index in [9.17, 15) is 12.8 Å². The van der Waals surface area contributed by atoms with Gasteiger partial charge in [0, 0.05) is 0 Å². The van der Waals surface area contributed by atoms with Crippen LogP contribution in [-0.2, 0) is 10.0 Å². The molecule has 0 aliphatic rings. The maximum Gasteiger partial charge on any atom is 0.276 e. The molecule has 4 nitrogen and oxygen atoms in total. The summed E-state index contributed by atoms with van der Waals surface area (Å²) in [4.78, 5) is 1.93. The largest absolute Gasteiger partial charge is 0.276 e. The number of halogens is 3. The monoisotopic (exact) mass is 346 g/mol. The molecule has 0 saturated heterocycles. The quantitative estimate of drug-likeness (QED) is 0.680. The number of nitrogens with one attached hydrogen (secondary N) is 1. The normalized spacial score (nSPS) is 11.8. The second-order valence-corrected chi connectivity index (χ2v) is 6.46. The first kappa shape index (κ1) is 15.8. The maximum atomic E-state index is 12.8. The van der Waals surface area contributed by atoms with Gasteiger partial charge in [0.25, 0.3) is 10.0 Å². The number of sulfonamides is 1. The second-order valence-electron chi connectivity index (χ2n) is 3.98. The summed E-state index contributed by atoms with van der Waals surface area (Å²) in [5.74, 6) is -0.520. The van der Waals surface area contributed by atoms with Crippen molar-refractivity contribution in [1.29, 1.82) is 0 Å². The van der Waals surface area contributed by atoms with Crippen LogP contribution in [0.25, 0.3) is 0 Å². The third kappa shape index (κ3) is 4.17. The average Bonchev–Trinajstić information content (AvgIpc) is 2.43. The van der Waals surface area contributed by atoms with E-state index in [1.54, 1.807) is 18.2 Å². The molecule has 2 aromatic carbocycles. The van der Waals surface area contributed by atoms with Crippen LogP contribution in [0.2, 0.25) is 10.0 Å². The van der Waals surface area contributed by atoms with E-state index in [1.807, 2.05) is 4.83 Å². The van der Waals surface area contributed by atoms with Gasteiger partial charge in [-0.05, 0) is 42.0 Å². The van der Waals surface area contributed by atoms with Crippen LogP contribution in [0.4, 0.5) is 4.39 Å². The van der Waals surface area contributed by atoms with Crippen LogP contribution in [0.15, 0.2) is 52.5 Å². The van der Waals surface area contributed by atoms with E-state index in [-0.39, 0.29) is 4.90 Å². The zero-order valence-corrected chi connectivity index (χ0v) is 12.8. The summed E-state index contributed by atoms with van der Waals surface area (Å²) in [7, 11) is -3.84. The smallest absolute Gasteiger partial charge is 0.207 e. The fourth-order valence-electron chi connectivity index (χ4n) is 1.43. The van der Waals surface area contributed by atoms with Gasteiger partial charge in [0.2, 0.25) is 0 Å². The third-order valence-electron chi connectivity index (χ3n) is 2.45. The van der Waals surface area contributed by atoms with E-state index < -0.39 is 15.8 Å². The Kier molecular flexibility index (Phi) is 4.82. The summed E-state index contributed by atoms with van der Waals surface area (Å²) in [6.07, 6.45) is 1.28. The van der Waals surface area contributed by atoms with Gasteiger partial charge in [0.1, 0.15) is 5.82 Å². The lowest BCUT2D eigenvalue weighted by Gasteiger charge is -2.03. The van der Waals surface area contributed by atoms with Crippen LogP contribution in [0.1, 0.15) is 5.56 Å². The fourth-order valence-corrected chi connectivity index (χ4v) is 2.53. The summed E-state index contributed by atoms with van der Waals surface area (Å²) in [6.45, 7) is 0. The Balaban J connectivity index is 2.12. The van der Waals surface area contributed by atoms with Crippen molar-refractivity contribution in [3.8, 4) is 0 Å². The SMILES string of the molecule is O=S(=O)(N/N=C/c1ccc(Cl)c(Cl)c1)c1ccc(F)cc1. The minimum Gasteiger partial charge on any atom is -0.207 e. The molecule has 0 spiro atoms. The minimum absolute atomic E-state index is 0.0878. The molecule has 110 valence electrons. The molecule has 0 aromatic heterocycles. The van der Waals surface area contributed by atoms with Gasteiger partial charge in [-0.2, -0.15) is 13.5 Å². The van der Waals surface area contributed by atoms with E-state index >= 15 is 0 Å². The van der Waals surface area contributed by atoms with Gasteiger partial charge in [0.15, 0.2) is 0 Å². The van der Waals surface area contributed by atoms with Gasteiger partial charge in [-0.1, -0.05) is 29.3 Å². The summed E-state index contributed by atoms with van der Waals surface area (Å²) >= 11 is 11.6. The molecule has 0 aliphatic carbocycles. The molecular weight excluding hydrogens is 338 g/mol. The van der Waals surface area contributed by atoms with Gasteiger partial charge in [-0.15, -0.1) is 0 Å². The standard InChI is InChI=1S/C13H9Cl2FN2O2S/c14-12-6-1-9(7-13(12)15)8-17-18-21(19,20)11-4-2-10(16)3-5-11/h1-8,18H/b17-8+. The van der Waals surface area contributed by atoms with Crippen LogP contribution in [-0.4, -0.2) is 14.6 Å². The Hall–Kier alpha value is -1.63. The molecule has 8 heteroatoms. The van der Waals surface area contributed by atoms with Crippen LogP contribution < -0.4 is 4.83 Å². The summed E-state index contributed by atoms with van der Waals surface area (Å²) < 4.78 is 36.5. The average molecular weight is 347 g/mol. The summed E-state index contributed by atoms with van der Waals surface area (Å²) in [5, 5.41) is 4.35. The van der Waals surface area contributed by atoms with Gasteiger partial charge >= 0.3 is 0 Å². The Bertz CT molecular complexity index is 777. The number of rotatable bonds is 4. The number of hydrogen-bond acceptors (Lipinski definition) is 3. The molecule has 1 N–H and O–H groups in total. The molecule has 0 fully saturated rings. The summed E-state index contributed by atoms with van der Waals surface area (Å²) in [5.41, 5.74) is 0.575. The van der Waals surface area contributed by atoms with Crippen molar-refractivity contribution in [1.82, 2.24) is 4.83 Å². The molecule has 2 rings (SSSR count). The van der Waals surface area contributed by atoms with Crippen molar-refractivity contribution in [3.63, 3.8) is 0 Å². The van der Waals surface area contributed by atoms with Crippen molar-refractivity contribution in [3.05, 3.63) is 63.9 Å². The van der Waals surface area contributed by atoms with Crippen LogP contribution in [0.5, 0.6) is 0 Å². The Labute approximate surface area is 131 Å². The van der Waals surface area contributed by atoms with E-state index in [0.717, 1.165) is 24.3 Å².